The molecular formula is C30H38O10. The van der Waals surface area contributed by atoms with Crippen LogP contribution in [-0.4, -0.2) is 86.0 Å². The summed E-state index contributed by atoms with van der Waals surface area (Å²) in [5.74, 6) is -3.69. The predicted octanol–water partition coefficient (Wildman–Crippen LogP) is 1.47. The van der Waals surface area contributed by atoms with Crippen molar-refractivity contribution >= 4 is 17.7 Å². The number of rotatable bonds is 3. The molecule has 2 bridgehead atoms. The lowest BCUT2D eigenvalue weighted by Gasteiger charge is -2.67. The molecule has 5 rings (SSSR count). The second-order valence-corrected chi connectivity index (χ2v) is 12.9. The normalized spacial score (nSPS) is 43.9. The lowest BCUT2D eigenvalue weighted by Crippen LogP contribution is -2.81. The first-order valence-electron chi connectivity index (χ1n) is 13.6. The Labute approximate surface area is 232 Å². The number of Topliss-reactive ketones (excluding diaryl/α,β-unsaturated/α-hetero) is 1. The van der Waals surface area contributed by atoms with Crippen LogP contribution >= 0.6 is 0 Å². The molecule has 1 aromatic rings. The number of hydrogen-bond donors (Lipinski definition) is 4. The van der Waals surface area contributed by atoms with Crippen LogP contribution in [0.15, 0.2) is 41.5 Å². The molecule has 4 N–H and O–H groups in total. The molecule has 1 heterocycles. The zero-order chi connectivity index (χ0) is 29.6. The van der Waals surface area contributed by atoms with Gasteiger partial charge in [0.2, 0.25) is 0 Å². The van der Waals surface area contributed by atoms with Gasteiger partial charge >= 0.3 is 11.9 Å². The molecule has 10 nitrogen and oxygen atoms in total. The van der Waals surface area contributed by atoms with Gasteiger partial charge in [-0.1, -0.05) is 32.0 Å². The van der Waals surface area contributed by atoms with Crippen LogP contribution in [0.5, 0.6) is 0 Å². The third kappa shape index (κ3) is 3.69. The lowest BCUT2D eigenvalue weighted by molar-refractivity contribution is -0.344. The highest BCUT2D eigenvalue weighted by molar-refractivity contribution is 5.95. The maximum absolute atomic E-state index is 14.6. The van der Waals surface area contributed by atoms with Crippen molar-refractivity contribution in [2.75, 3.05) is 6.61 Å². The molecular weight excluding hydrogens is 520 g/mol. The number of benzene rings is 1. The number of ether oxygens (including phenoxy) is 3. The minimum atomic E-state index is -2.10. The molecule has 0 spiro atoms. The third-order valence-corrected chi connectivity index (χ3v) is 10.3. The van der Waals surface area contributed by atoms with Crippen LogP contribution in [0.3, 0.4) is 0 Å². The molecule has 0 radical (unpaired) electrons. The number of fused-ring (bicyclic) bond motifs is 5. The van der Waals surface area contributed by atoms with Gasteiger partial charge in [-0.25, -0.2) is 4.79 Å². The Hall–Kier alpha value is -2.63. The van der Waals surface area contributed by atoms with Crippen molar-refractivity contribution in [3.05, 3.63) is 47.0 Å². The van der Waals surface area contributed by atoms with Gasteiger partial charge < -0.3 is 34.6 Å². The molecule has 40 heavy (non-hydrogen) atoms. The fraction of sp³-hybridized carbons (Fsp3) is 0.633. The number of hydrogen-bond acceptors (Lipinski definition) is 10. The van der Waals surface area contributed by atoms with Crippen molar-refractivity contribution < 1.29 is 49.0 Å². The lowest BCUT2D eigenvalue weighted by atomic mass is 9.44. The molecule has 2 unspecified atom stereocenters. The Bertz CT molecular complexity index is 1280. The number of aliphatic hydroxyl groups is 4. The SMILES string of the molecule is CC(=O)O[C@H]1C(=O)[C@@]2(C)C(C(OC(=O)c3ccccc3)[C@]3(O)C[C@](C)(O)C(C)=C1C3(C)C)[C@]1(O)CO[C@@H]1C[C@@H]2O. The minimum Gasteiger partial charge on any atom is -0.455 e. The van der Waals surface area contributed by atoms with Crippen LogP contribution < -0.4 is 0 Å². The molecule has 1 aromatic carbocycles. The smallest absolute Gasteiger partial charge is 0.338 e. The van der Waals surface area contributed by atoms with E-state index >= 15 is 0 Å². The summed E-state index contributed by atoms with van der Waals surface area (Å²) in [6.45, 7) is 8.70. The van der Waals surface area contributed by atoms with Gasteiger partial charge in [0.1, 0.15) is 17.3 Å². The topological polar surface area (TPSA) is 160 Å². The predicted molar refractivity (Wildman–Crippen MR) is 140 cm³/mol. The Morgan fingerprint density at radius 3 is 2.20 bits per heavy atom. The van der Waals surface area contributed by atoms with Gasteiger partial charge in [-0.15, -0.1) is 0 Å². The number of carbonyl (C=O) groups is 3. The summed E-state index contributed by atoms with van der Waals surface area (Å²) in [6, 6.07) is 8.09. The zero-order valence-corrected chi connectivity index (χ0v) is 23.6. The van der Waals surface area contributed by atoms with Gasteiger partial charge in [0.25, 0.3) is 0 Å². The zero-order valence-electron chi connectivity index (χ0n) is 23.6. The van der Waals surface area contributed by atoms with E-state index in [1.165, 1.54) is 26.0 Å². The van der Waals surface area contributed by atoms with Crippen molar-refractivity contribution in [2.45, 2.75) is 95.6 Å². The second kappa shape index (κ2) is 8.93. The van der Waals surface area contributed by atoms with Crippen molar-refractivity contribution in [2.24, 2.45) is 16.7 Å². The second-order valence-electron chi connectivity index (χ2n) is 12.9. The van der Waals surface area contributed by atoms with E-state index in [1.807, 2.05) is 0 Å². The largest absolute Gasteiger partial charge is 0.455 e. The Morgan fingerprint density at radius 2 is 1.65 bits per heavy atom. The van der Waals surface area contributed by atoms with E-state index in [0.717, 1.165) is 6.92 Å². The molecule has 1 aliphatic heterocycles. The number of esters is 2. The van der Waals surface area contributed by atoms with E-state index in [0.29, 0.717) is 5.57 Å². The van der Waals surface area contributed by atoms with Gasteiger partial charge in [0, 0.05) is 31.1 Å². The first-order valence-corrected chi connectivity index (χ1v) is 13.6. The van der Waals surface area contributed by atoms with Gasteiger partial charge in [0.05, 0.1) is 35.4 Å². The van der Waals surface area contributed by atoms with E-state index in [2.05, 4.69) is 0 Å². The molecule has 9 atom stereocenters. The average molecular weight is 559 g/mol. The average Bonchev–Trinajstić information content (AvgIpc) is 2.87. The molecule has 3 aliphatic carbocycles. The van der Waals surface area contributed by atoms with Crippen LogP contribution in [0.2, 0.25) is 0 Å². The van der Waals surface area contributed by atoms with Crippen molar-refractivity contribution in [1.29, 1.82) is 0 Å². The van der Waals surface area contributed by atoms with E-state index in [-0.39, 0.29) is 30.6 Å². The highest BCUT2D eigenvalue weighted by Crippen LogP contribution is 2.64. The molecule has 0 amide bonds. The summed E-state index contributed by atoms with van der Waals surface area (Å²) >= 11 is 0. The van der Waals surface area contributed by atoms with Crippen LogP contribution in [0.1, 0.15) is 64.7 Å². The Balaban J connectivity index is 1.83. The van der Waals surface area contributed by atoms with Gasteiger partial charge in [-0.3, -0.25) is 9.59 Å². The molecule has 0 aromatic heterocycles. The molecule has 4 aliphatic rings. The molecule has 10 heteroatoms. The van der Waals surface area contributed by atoms with E-state index in [1.54, 1.807) is 39.0 Å². The Morgan fingerprint density at radius 1 is 1.02 bits per heavy atom. The summed E-state index contributed by atoms with van der Waals surface area (Å²) in [6.07, 6.45) is -5.91. The summed E-state index contributed by atoms with van der Waals surface area (Å²) in [4.78, 5) is 40.6. The van der Waals surface area contributed by atoms with Crippen molar-refractivity contribution in [3.8, 4) is 0 Å². The molecule has 2 saturated carbocycles. The first kappa shape index (κ1) is 28.9. The number of carbonyl (C=O) groups excluding carboxylic acids is 3. The summed E-state index contributed by atoms with van der Waals surface area (Å²) in [5.41, 5.74) is -8.20. The summed E-state index contributed by atoms with van der Waals surface area (Å²) in [5, 5.41) is 48.0. The molecule has 1 saturated heterocycles. The maximum Gasteiger partial charge on any atom is 0.338 e. The minimum absolute atomic E-state index is 0.0983. The fourth-order valence-electron chi connectivity index (χ4n) is 7.74. The van der Waals surface area contributed by atoms with Gasteiger partial charge in [-0.05, 0) is 44.1 Å². The third-order valence-electron chi connectivity index (χ3n) is 10.3. The van der Waals surface area contributed by atoms with Gasteiger partial charge in [0.15, 0.2) is 11.9 Å². The van der Waals surface area contributed by atoms with Crippen LogP contribution in [0.4, 0.5) is 0 Å². The van der Waals surface area contributed by atoms with Crippen molar-refractivity contribution in [3.63, 3.8) is 0 Å². The van der Waals surface area contributed by atoms with Crippen molar-refractivity contribution in [1.82, 2.24) is 0 Å². The van der Waals surface area contributed by atoms with Crippen LogP contribution in [-0.2, 0) is 23.8 Å². The first-order chi connectivity index (χ1) is 18.4. The molecule has 3 fully saturated rings. The highest BCUT2D eigenvalue weighted by Gasteiger charge is 2.77. The van der Waals surface area contributed by atoms with E-state index in [4.69, 9.17) is 14.2 Å². The quantitative estimate of drug-likeness (QED) is 0.316. The monoisotopic (exact) mass is 558 g/mol. The number of ketones is 1. The summed E-state index contributed by atoms with van der Waals surface area (Å²) < 4.78 is 17.4. The van der Waals surface area contributed by atoms with Crippen LogP contribution in [0.25, 0.3) is 0 Å². The fourth-order valence-corrected chi connectivity index (χ4v) is 7.74. The molecule has 218 valence electrons. The number of aliphatic hydroxyl groups excluding tert-OH is 1. The van der Waals surface area contributed by atoms with E-state index in [9.17, 15) is 34.8 Å². The standard InChI is InChI=1S/C30H38O10/c1-15-20-21(39-16(2)31)23(33)28(6)18(32)12-19-29(36,14-38-19)22(28)24(40-25(34)17-10-8-7-9-11-17)30(37,26(20,3)4)13-27(15,5)35/h7-11,18-19,21-22,24,32,35-37H,12-14H2,1-6H3/t18-,19+,21+,22?,24?,27-,28+,29-,30+/m0/s1. The highest BCUT2D eigenvalue weighted by atomic mass is 16.6. The summed E-state index contributed by atoms with van der Waals surface area (Å²) in [7, 11) is 0. The Kier molecular flexibility index (Phi) is 6.45. The maximum atomic E-state index is 14.6. The van der Waals surface area contributed by atoms with Crippen LogP contribution in [0, 0.1) is 16.7 Å². The van der Waals surface area contributed by atoms with E-state index < -0.39 is 75.7 Å². The van der Waals surface area contributed by atoms with Gasteiger partial charge in [-0.2, -0.15) is 0 Å².